The maximum atomic E-state index is 12.6. The van der Waals surface area contributed by atoms with Gasteiger partial charge in [-0.25, -0.2) is 4.98 Å². The van der Waals surface area contributed by atoms with Crippen LogP contribution in [0.2, 0.25) is 10.0 Å². The van der Waals surface area contributed by atoms with Gasteiger partial charge in [0.25, 0.3) is 0 Å². The lowest BCUT2D eigenvalue weighted by Crippen LogP contribution is -2.08. The molecule has 0 aliphatic rings. The van der Waals surface area contributed by atoms with Crippen LogP contribution in [0.3, 0.4) is 0 Å². The molecule has 0 atom stereocenters. The Morgan fingerprint density at radius 3 is 2.38 bits per heavy atom. The van der Waals surface area contributed by atoms with Crippen molar-refractivity contribution in [1.29, 1.82) is 0 Å². The number of nitrogens with two attached hydrogens (primary N) is 1. The first-order valence-corrected chi connectivity index (χ1v) is 6.88. The van der Waals surface area contributed by atoms with Gasteiger partial charge in [0.1, 0.15) is 11.4 Å². The van der Waals surface area contributed by atoms with Crippen molar-refractivity contribution >= 4 is 44.8 Å². The van der Waals surface area contributed by atoms with Gasteiger partial charge in [0.05, 0.1) is 21.9 Å². The van der Waals surface area contributed by atoms with Crippen LogP contribution in [0.5, 0.6) is 11.5 Å². The summed E-state index contributed by atoms with van der Waals surface area (Å²) in [6.07, 6.45) is -3.74. The van der Waals surface area contributed by atoms with Crippen molar-refractivity contribution in [2.24, 2.45) is 0 Å². The normalized spacial score (nSPS) is 11.5. The van der Waals surface area contributed by atoms with Crippen LogP contribution < -0.4 is 10.5 Å². The Labute approximate surface area is 135 Å². The van der Waals surface area contributed by atoms with Crippen LogP contribution in [0.1, 0.15) is 5.69 Å². The highest BCUT2D eigenvalue weighted by atomic mass is 79.9. The maximum Gasteiger partial charge on any atom is 0.433 e. The second-order valence-electron chi connectivity index (χ2n) is 3.90. The Morgan fingerprint density at radius 2 is 1.76 bits per heavy atom. The molecule has 21 heavy (non-hydrogen) atoms. The standard InChI is InChI=1S/C12H6BrCl2F3N2O/c13-5-1-7(15)9(2-6(5)14)21-10-3-11(12(16,17)18)20-4-8(10)19/h1-4H,19H2. The number of halogens is 6. The molecule has 0 unspecified atom stereocenters. The Morgan fingerprint density at radius 1 is 1.10 bits per heavy atom. The number of aromatic nitrogens is 1. The van der Waals surface area contributed by atoms with Crippen LogP contribution in [-0.2, 0) is 6.18 Å². The third-order valence-corrected chi connectivity index (χ3v) is 3.87. The molecule has 0 amide bonds. The third kappa shape index (κ3) is 3.72. The van der Waals surface area contributed by atoms with Gasteiger partial charge in [-0.3, -0.25) is 0 Å². The smallest absolute Gasteiger partial charge is 0.433 e. The molecule has 1 heterocycles. The van der Waals surface area contributed by atoms with E-state index in [1.54, 1.807) is 0 Å². The highest BCUT2D eigenvalue weighted by Gasteiger charge is 2.33. The third-order valence-electron chi connectivity index (χ3n) is 2.38. The van der Waals surface area contributed by atoms with E-state index in [0.717, 1.165) is 6.20 Å². The van der Waals surface area contributed by atoms with Crippen molar-refractivity contribution < 1.29 is 17.9 Å². The average Bonchev–Trinajstić information content (AvgIpc) is 2.37. The van der Waals surface area contributed by atoms with Crippen molar-refractivity contribution in [1.82, 2.24) is 4.98 Å². The highest BCUT2D eigenvalue weighted by Crippen LogP contribution is 2.39. The Balaban J connectivity index is 2.42. The molecule has 0 saturated carbocycles. The lowest BCUT2D eigenvalue weighted by Gasteiger charge is -2.13. The summed E-state index contributed by atoms with van der Waals surface area (Å²) in [6, 6.07) is 3.52. The van der Waals surface area contributed by atoms with Crippen LogP contribution in [0.25, 0.3) is 0 Å². The van der Waals surface area contributed by atoms with Crippen LogP contribution in [0.15, 0.2) is 28.9 Å². The Hall–Kier alpha value is -1.18. The molecule has 2 aromatic rings. The summed E-state index contributed by atoms with van der Waals surface area (Å²) < 4.78 is 43.7. The summed E-state index contributed by atoms with van der Waals surface area (Å²) in [6.45, 7) is 0. The van der Waals surface area contributed by atoms with Gasteiger partial charge in [-0.15, -0.1) is 0 Å². The van der Waals surface area contributed by atoms with E-state index in [0.29, 0.717) is 10.5 Å². The van der Waals surface area contributed by atoms with Gasteiger partial charge in [-0.2, -0.15) is 13.2 Å². The van der Waals surface area contributed by atoms with E-state index in [1.165, 1.54) is 12.1 Å². The molecule has 0 radical (unpaired) electrons. The van der Waals surface area contributed by atoms with Crippen LogP contribution in [0.4, 0.5) is 18.9 Å². The number of alkyl halides is 3. The lowest BCUT2D eigenvalue weighted by atomic mass is 10.3. The quantitative estimate of drug-likeness (QED) is 0.671. The number of nitrogens with zero attached hydrogens (tertiary/aromatic N) is 1. The van der Waals surface area contributed by atoms with E-state index in [-0.39, 0.29) is 27.2 Å². The summed E-state index contributed by atoms with van der Waals surface area (Å²) >= 11 is 15.0. The predicted octanol–water partition coefficient (Wildman–Crippen LogP) is 5.54. The molecule has 0 aliphatic heterocycles. The van der Waals surface area contributed by atoms with Crippen molar-refractivity contribution in [2.45, 2.75) is 6.18 Å². The van der Waals surface area contributed by atoms with Gasteiger partial charge < -0.3 is 10.5 Å². The second-order valence-corrected chi connectivity index (χ2v) is 5.57. The van der Waals surface area contributed by atoms with Crippen LogP contribution in [-0.4, -0.2) is 4.98 Å². The minimum Gasteiger partial charge on any atom is -0.453 e. The van der Waals surface area contributed by atoms with Crippen LogP contribution in [0, 0.1) is 0 Å². The van der Waals surface area contributed by atoms with Crippen molar-refractivity contribution in [3.63, 3.8) is 0 Å². The molecule has 0 bridgehead atoms. The molecule has 0 fully saturated rings. The fourth-order valence-corrected chi connectivity index (χ4v) is 2.22. The van der Waals surface area contributed by atoms with Crippen molar-refractivity contribution in [3.8, 4) is 11.5 Å². The SMILES string of the molecule is Nc1cnc(C(F)(F)F)cc1Oc1cc(Cl)c(Br)cc1Cl. The average molecular weight is 402 g/mol. The van der Waals surface area contributed by atoms with E-state index in [2.05, 4.69) is 20.9 Å². The number of benzene rings is 1. The molecule has 3 nitrogen and oxygen atoms in total. The zero-order valence-corrected chi connectivity index (χ0v) is 13.1. The van der Waals surface area contributed by atoms with E-state index in [1.807, 2.05) is 0 Å². The molecule has 9 heteroatoms. The van der Waals surface area contributed by atoms with Gasteiger partial charge in [0.15, 0.2) is 5.75 Å². The Bertz CT molecular complexity index is 695. The molecular formula is C12H6BrCl2F3N2O. The predicted molar refractivity (Wildman–Crippen MR) is 77.9 cm³/mol. The molecule has 0 aliphatic carbocycles. The maximum absolute atomic E-state index is 12.6. The number of nitrogen functional groups attached to an aromatic ring is 1. The van der Waals surface area contributed by atoms with Gasteiger partial charge in [-0.1, -0.05) is 23.2 Å². The minimum atomic E-state index is -4.60. The Kier molecular flexibility index (Phi) is 4.55. The number of pyridine rings is 1. The first-order chi connectivity index (χ1) is 9.68. The fourth-order valence-electron chi connectivity index (χ4n) is 1.39. The topological polar surface area (TPSA) is 48.1 Å². The van der Waals surface area contributed by atoms with Crippen molar-refractivity contribution in [3.05, 3.63) is 44.6 Å². The first-order valence-electron chi connectivity index (χ1n) is 5.33. The minimum absolute atomic E-state index is 0.0573. The second kappa shape index (κ2) is 5.90. The number of hydrogen-bond donors (Lipinski definition) is 1. The summed E-state index contributed by atoms with van der Waals surface area (Å²) in [5.74, 6) is -0.131. The highest BCUT2D eigenvalue weighted by molar-refractivity contribution is 9.10. The molecule has 0 saturated heterocycles. The first kappa shape index (κ1) is 16.2. The van der Waals surface area contributed by atoms with E-state index >= 15 is 0 Å². The summed E-state index contributed by atoms with van der Waals surface area (Å²) in [4.78, 5) is 3.21. The number of rotatable bonds is 2. The van der Waals surface area contributed by atoms with E-state index < -0.39 is 11.9 Å². The number of hydrogen-bond acceptors (Lipinski definition) is 3. The van der Waals surface area contributed by atoms with Gasteiger partial charge in [-0.05, 0) is 22.0 Å². The number of anilines is 1. The molecule has 2 rings (SSSR count). The van der Waals surface area contributed by atoms with Gasteiger partial charge in [0, 0.05) is 16.6 Å². The van der Waals surface area contributed by atoms with E-state index in [9.17, 15) is 13.2 Å². The van der Waals surface area contributed by atoms with Gasteiger partial charge in [0.2, 0.25) is 0 Å². The number of ether oxygens (including phenoxy) is 1. The van der Waals surface area contributed by atoms with Gasteiger partial charge >= 0.3 is 6.18 Å². The molecule has 1 aromatic heterocycles. The molecule has 112 valence electrons. The monoisotopic (exact) mass is 400 g/mol. The molecule has 1 aromatic carbocycles. The zero-order chi connectivity index (χ0) is 15.8. The van der Waals surface area contributed by atoms with Crippen molar-refractivity contribution in [2.75, 3.05) is 5.73 Å². The molecule has 0 spiro atoms. The molecular weight excluding hydrogens is 396 g/mol. The van der Waals surface area contributed by atoms with Crippen LogP contribution >= 0.6 is 39.1 Å². The van der Waals surface area contributed by atoms with E-state index in [4.69, 9.17) is 33.7 Å². The summed E-state index contributed by atoms with van der Waals surface area (Å²) in [7, 11) is 0. The largest absolute Gasteiger partial charge is 0.453 e. The zero-order valence-electron chi connectivity index (χ0n) is 10.0. The fraction of sp³-hybridized carbons (Fsp3) is 0.0833. The summed E-state index contributed by atoms with van der Waals surface area (Å²) in [5.41, 5.74) is 4.38. The summed E-state index contributed by atoms with van der Waals surface area (Å²) in [5, 5.41) is 0.453. The molecule has 2 N–H and O–H groups in total. The lowest BCUT2D eigenvalue weighted by molar-refractivity contribution is -0.141.